The average molecular weight is 256 g/mol. The number of carboxylic acid groups (broad SMARTS) is 1. The highest BCUT2D eigenvalue weighted by atomic mass is 28.3. The molecule has 2 aliphatic carbocycles. The fraction of sp³-hybridized carbons (Fsp3) is 0.917. The van der Waals surface area contributed by atoms with Gasteiger partial charge in [0.1, 0.15) is 0 Å². The van der Waals surface area contributed by atoms with E-state index in [9.17, 15) is 4.79 Å². The molecule has 0 radical (unpaired) electrons. The second-order valence-electron chi connectivity index (χ2n) is 6.74. The highest BCUT2D eigenvalue weighted by Gasteiger charge is 2.53. The van der Waals surface area contributed by atoms with Crippen molar-refractivity contribution in [2.45, 2.75) is 50.6 Å². The van der Waals surface area contributed by atoms with E-state index >= 15 is 0 Å². The summed E-state index contributed by atoms with van der Waals surface area (Å²) in [5.74, 6) is 1.50. The monoisotopic (exact) mass is 256 g/mol. The van der Waals surface area contributed by atoms with E-state index in [-0.39, 0.29) is 6.04 Å². The van der Waals surface area contributed by atoms with Crippen LogP contribution in [-0.2, 0) is 0 Å². The van der Waals surface area contributed by atoms with Gasteiger partial charge in [0.05, 0.1) is 0 Å². The Hall–Kier alpha value is -0.553. The summed E-state index contributed by atoms with van der Waals surface area (Å²) in [6, 6.07) is 1.78. The summed E-state index contributed by atoms with van der Waals surface area (Å²) in [4.78, 5) is 10.7. The summed E-state index contributed by atoms with van der Waals surface area (Å²) < 4.78 is 0. The third-order valence-electron chi connectivity index (χ3n) is 3.99. The van der Waals surface area contributed by atoms with E-state index in [1.54, 1.807) is 0 Å². The first kappa shape index (κ1) is 12.9. The number of rotatable bonds is 5. The van der Waals surface area contributed by atoms with E-state index in [1.807, 2.05) is 0 Å². The van der Waals surface area contributed by atoms with Crippen LogP contribution in [0.4, 0.5) is 4.79 Å². The Balaban J connectivity index is 1.79. The Morgan fingerprint density at radius 1 is 1.35 bits per heavy atom. The summed E-state index contributed by atoms with van der Waals surface area (Å²) in [7, 11) is -0.991. The van der Waals surface area contributed by atoms with Crippen molar-refractivity contribution in [1.82, 2.24) is 10.6 Å². The van der Waals surface area contributed by atoms with Gasteiger partial charge in [0, 0.05) is 20.2 Å². The third kappa shape index (κ3) is 3.45. The second-order valence-corrected chi connectivity index (χ2v) is 12.4. The third-order valence-corrected chi connectivity index (χ3v) is 5.74. The first-order valence-electron chi connectivity index (χ1n) is 6.60. The van der Waals surface area contributed by atoms with Gasteiger partial charge in [0.15, 0.2) is 0 Å². The highest BCUT2D eigenvalue weighted by Crippen LogP contribution is 2.51. The SMILES string of the molecule is C[Si](C)(C)CCNC1C2C[C@H]2C[C@@H]1NC(=O)O. The molecule has 0 aromatic heterocycles. The number of nitrogens with one attached hydrogen (secondary N) is 2. The number of hydrogen-bond donors (Lipinski definition) is 3. The van der Waals surface area contributed by atoms with Crippen molar-refractivity contribution >= 4 is 14.2 Å². The molecular weight excluding hydrogens is 232 g/mol. The summed E-state index contributed by atoms with van der Waals surface area (Å²) >= 11 is 0. The first-order chi connectivity index (χ1) is 7.87. The van der Waals surface area contributed by atoms with Crippen molar-refractivity contribution < 1.29 is 9.90 Å². The Morgan fingerprint density at radius 3 is 2.65 bits per heavy atom. The van der Waals surface area contributed by atoms with Crippen LogP contribution in [-0.4, -0.2) is 37.9 Å². The maximum Gasteiger partial charge on any atom is 0.404 e. The van der Waals surface area contributed by atoms with Crippen LogP contribution in [0.3, 0.4) is 0 Å². The normalized spacial score (nSPS) is 35.5. The van der Waals surface area contributed by atoms with Crippen LogP contribution in [0.1, 0.15) is 12.8 Å². The van der Waals surface area contributed by atoms with E-state index < -0.39 is 14.2 Å². The number of fused-ring (bicyclic) bond motifs is 1. The smallest absolute Gasteiger partial charge is 0.404 e. The molecule has 0 bridgehead atoms. The summed E-state index contributed by atoms with van der Waals surface area (Å²) in [5, 5.41) is 15.1. The molecule has 0 spiro atoms. The molecular formula is C12H24N2O2Si. The predicted octanol–water partition coefficient (Wildman–Crippen LogP) is 1.96. The molecule has 0 aromatic carbocycles. The minimum absolute atomic E-state index is 0.137. The minimum Gasteiger partial charge on any atom is -0.465 e. The fourth-order valence-electron chi connectivity index (χ4n) is 2.97. The molecule has 0 aromatic rings. The van der Waals surface area contributed by atoms with Crippen molar-refractivity contribution in [2.75, 3.05) is 6.54 Å². The quantitative estimate of drug-likeness (QED) is 0.659. The van der Waals surface area contributed by atoms with Crippen molar-refractivity contribution in [3.05, 3.63) is 0 Å². The van der Waals surface area contributed by atoms with E-state index in [1.165, 1.54) is 12.5 Å². The van der Waals surface area contributed by atoms with Gasteiger partial charge >= 0.3 is 6.09 Å². The maximum atomic E-state index is 10.7. The lowest BCUT2D eigenvalue weighted by Gasteiger charge is -2.25. The Labute approximate surface area is 104 Å². The van der Waals surface area contributed by atoms with Gasteiger partial charge in [0.2, 0.25) is 0 Å². The molecule has 98 valence electrons. The molecule has 4 nitrogen and oxygen atoms in total. The van der Waals surface area contributed by atoms with E-state index in [4.69, 9.17) is 5.11 Å². The van der Waals surface area contributed by atoms with E-state index in [0.29, 0.717) is 6.04 Å². The van der Waals surface area contributed by atoms with Crippen LogP contribution < -0.4 is 10.6 Å². The van der Waals surface area contributed by atoms with Gasteiger partial charge < -0.3 is 15.7 Å². The number of carbonyl (C=O) groups is 1. The Bertz CT molecular complexity index is 303. The topological polar surface area (TPSA) is 61.4 Å². The van der Waals surface area contributed by atoms with Crippen LogP contribution in [0, 0.1) is 11.8 Å². The summed E-state index contributed by atoms with van der Waals surface area (Å²) in [6.07, 6.45) is 1.44. The van der Waals surface area contributed by atoms with Crippen LogP contribution in [0.2, 0.25) is 25.7 Å². The van der Waals surface area contributed by atoms with Crippen LogP contribution in [0.15, 0.2) is 0 Å². The standard InChI is InChI=1S/C12H24N2O2Si/c1-17(2,3)5-4-13-11-9-6-8(9)7-10(11)14-12(15)16/h8-11,13-14H,4-7H2,1-3H3,(H,15,16)/t8-,9?,10-,11?/m0/s1. The van der Waals surface area contributed by atoms with Crippen molar-refractivity contribution in [2.24, 2.45) is 11.8 Å². The van der Waals surface area contributed by atoms with Crippen molar-refractivity contribution in [3.63, 3.8) is 0 Å². The lowest BCUT2D eigenvalue weighted by Crippen LogP contribution is -2.49. The molecule has 1 amide bonds. The minimum atomic E-state index is -0.991. The molecule has 2 rings (SSSR count). The summed E-state index contributed by atoms with van der Waals surface area (Å²) in [6.45, 7) is 8.16. The number of amides is 1. The predicted molar refractivity (Wildman–Crippen MR) is 71.1 cm³/mol. The van der Waals surface area contributed by atoms with Crippen LogP contribution in [0.5, 0.6) is 0 Å². The second kappa shape index (κ2) is 4.61. The van der Waals surface area contributed by atoms with Crippen LogP contribution in [0.25, 0.3) is 0 Å². The van der Waals surface area contributed by atoms with Gasteiger partial charge in [-0.15, -0.1) is 0 Å². The lowest BCUT2D eigenvalue weighted by atomic mass is 10.1. The molecule has 17 heavy (non-hydrogen) atoms. The van der Waals surface area contributed by atoms with Gasteiger partial charge in [0.25, 0.3) is 0 Å². The molecule has 4 atom stereocenters. The lowest BCUT2D eigenvalue weighted by molar-refractivity contribution is 0.186. The van der Waals surface area contributed by atoms with Gasteiger partial charge in [-0.25, -0.2) is 4.79 Å². The van der Waals surface area contributed by atoms with Gasteiger partial charge in [-0.05, 0) is 37.3 Å². The summed E-state index contributed by atoms with van der Waals surface area (Å²) in [5.41, 5.74) is 0. The Morgan fingerprint density at radius 2 is 2.06 bits per heavy atom. The molecule has 2 aliphatic rings. The zero-order valence-electron chi connectivity index (χ0n) is 11.0. The number of hydrogen-bond acceptors (Lipinski definition) is 2. The maximum absolute atomic E-state index is 10.7. The molecule has 3 N–H and O–H groups in total. The first-order valence-corrected chi connectivity index (χ1v) is 10.3. The van der Waals surface area contributed by atoms with Gasteiger partial charge in [-0.3, -0.25) is 0 Å². The molecule has 0 heterocycles. The zero-order chi connectivity index (χ0) is 12.6. The van der Waals surface area contributed by atoms with Crippen LogP contribution >= 0.6 is 0 Å². The molecule has 2 saturated carbocycles. The Kier molecular flexibility index (Phi) is 3.50. The molecule has 0 aliphatic heterocycles. The van der Waals surface area contributed by atoms with E-state index in [2.05, 4.69) is 30.3 Å². The average Bonchev–Trinajstić information content (AvgIpc) is 2.82. The zero-order valence-corrected chi connectivity index (χ0v) is 12.0. The van der Waals surface area contributed by atoms with Gasteiger partial charge in [-0.2, -0.15) is 0 Å². The van der Waals surface area contributed by atoms with Gasteiger partial charge in [-0.1, -0.05) is 19.6 Å². The van der Waals surface area contributed by atoms with Crippen molar-refractivity contribution in [1.29, 1.82) is 0 Å². The largest absolute Gasteiger partial charge is 0.465 e. The fourth-order valence-corrected chi connectivity index (χ4v) is 3.86. The van der Waals surface area contributed by atoms with E-state index in [0.717, 1.165) is 24.8 Å². The molecule has 0 saturated heterocycles. The van der Waals surface area contributed by atoms with Crippen molar-refractivity contribution in [3.8, 4) is 0 Å². The molecule has 5 heteroatoms. The molecule has 2 unspecified atom stereocenters. The molecule has 2 fully saturated rings. The highest BCUT2D eigenvalue weighted by molar-refractivity contribution is 6.76.